The summed E-state index contributed by atoms with van der Waals surface area (Å²) >= 11 is 0. The summed E-state index contributed by atoms with van der Waals surface area (Å²) in [7, 11) is 0. The largest absolute Gasteiger partial charge is 0.345 e. The van der Waals surface area contributed by atoms with Gasteiger partial charge in [-0.15, -0.1) is 0 Å². The lowest BCUT2D eigenvalue weighted by molar-refractivity contribution is -0.121. The first-order chi connectivity index (χ1) is 12.2. The molecule has 2 aromatic rings. The number of benzene rings is 1. The molecule has 3 rings (SSSR count). The number of aromatic amines is 1. The van der Waals surface area contributed by atoms with Crippen LogP contribution in [0.15, 0.2) is 61.0 Å². The summed E-state index contributed by atoms with van der Waals surface area (Å²) in [5.41, 5.74) is 3.08. The second-order valence-electron chi connectivity index (χ2n) is 5.32. The summed E-state index contributed by atoms with van der Waals surface area (Å²) in [6.45, 7) is 9.57. The van der Waals surface area contributed by atoms with Gasteiger partial charge in [0.25, 0.3) is 0 Å². The first-order valence-electron chi connectivity index (χ1n) is 8.39. The summed E-state index contributed by atoms with van der Waals surface area (Å²) < 4.78 is 0. The molecule has 2 heterocycles. The summed E-state index contributed by atoms with van der Waals surface area (Å²) in [6, 6.07) is 4.87. The van der Waals surface area contributed by atoms with Crippen LogP contribution in [0.25, 0.3) is 11.0 Å². The lowest BCUT2D eigenvalue weighted by Gasteiger charge is -2.24. The third-order valence-corrected chi connectivity index (χ3v) is 3.82. The summed E-state index contributed by atoms with van der Waals surface area (Å²) in [5, 5.41) is 0. The van der Waals surface area contributed by atoms with Crippen molar-refractivity contribution in [2.75, 3.05) is 4.90 Å². The third-order valence-electron chi connectivity index (χ3n) is 3.82. The number of aromatic nitrogens is 2. The van der Waals surface area contributed by atoms with Gasteiger partial charge in [0.2, 0.25) is 5.91 Å². The van der Waals surface area contributed by atoms with E-state index in [4.69, 9.17) is 0 Å². The topological polar surface area (TPSA) is 66.1 Å². The van der Waals surface area contributed by atoms with Crippen LogP contribution in [0.1, 0.15) is 27.2 Å². The molecular formula is C20H23N3O2. The van der Waals surface area contributed by atoms with Gasteiger partial charge in [0, 0.05) is 5.69 Å². The number of hydrogen-bond donors (Lipinski definition) is 1. The number of fused-ring (bicyclic) bond motifs is 1. The molecule has 1 aliphatic rings. The van der Waals surface area contributed by atoms with Crippen LogP contribution in [0, 0.1) is 0 Å². The van der Waals surface area contributed by atoms with E-state index in [1.807, 2.05) is 51.1 Å². The van der Waals surface area contributed by atoms with Crippen molar-refractivity contribution in [2.24, 2.45) is 0 Å². The maximum atomic E-state index is 12.4. The second-order valence-corrected chi connectivity index (χ2v) is 5.32. The highest BCUT2D eigenvalue weighted by Crippen LogP contribution is 2.30. The maximum Gasteiger partial charge on any atom is 0.235 e. The van der Waals surface area contributed by atoms with Gasteiger partial charge in [0.15, 0.2) is 5.78 Å². The van der Waals surface area contributed by atoms with E-state index >= 15 is 0 Å². The summed E-state index contributed by atoms with van der Waals surface area (Å²) in [4.78, 5) is 33.5. The van der Waals surface area contributed by atoms with E-state index in [0.29, 0.717) is 5.69 Å². The summed E-state index contributed by atoms with van der Waals surface area (Å²) in [6.07, 6.45) is 8.60. The quantitative estimate of drug-likeness (QED) is 0.678. The molecule has 1 N–H and O–H groups in total. The zero-order chi connectivity index (χ0) is 18.4. The van der Waals surface area contributed by atoms with Gasteiger partial charge in [0.1, 0.15) is 6.04 Å². The molecule has 1 fully saturated rings. The minimum absolute atomic E-state index is 0.0856. The molecule has 1 aromatic heterocycles. The van der Waals surface area contributed by atoms with Crippen LogP contribution >= 0.6 is 0 Å². The van der Waals surface area contributed by atoms with Gasteiger partial charge in [-0.25, -0.2) is 4.98 Å². The molecule has 5 heteroatoms. The fourth-order valence-corrected chi connectivity index (χ4v) is 2.89. The molecule has 5 nitrogen and oxygen atoms in total. The predicted molar refractivity (Wildman–Crippen MR) is 101 cm³/mol. The Morgan fingerprint density at radius 2 is 2.12 bits per heavy atom. The van der Waals surface area contributed by atoms with E-state index in [2.05, 4.69) is 16.5 Å². The second kappa shape index (κ2) is 8.24. The van der Waals surface area contributed by atoms with Crippen molar-refractivity contribution in [3.63, 3.8) is 0 Å². The molecule has 1 aliphatic heterocycles. The molecule has 1 atom stereocenters. The molecule has 25 heavy (non-hydrogen) atoms. The molecule has 0 spiro atoms. The average molecular weight is 337 g/mol. The normalized spacial score (nSPS) is 18.0. The van der Waals surface area contributed by atoms with Gasteiger partial charge in [-0.05, 0) is 30.7 Å². The minimum Gasteiger partial charge on any atom is -0.345 e. The fourth-order valence-electron chi connectivity index (χ4n) is 2.89. The fraction of sp³-hybridized carbons (Fsp3) is 0.250. The van der Waals surface area contributed by atoms with Crippen LogP contribution in [0.5, 0.6) is 0 Å². The predicted octanol–water partition coefficient (Wildman–Crippen LogP) is 3.95. The van der Waals surface area contributed by atoms with Crippen molar-refractivity contribution >= 4 is 28.4 Å². The van der Waals surface area contributed by atoms with Crippen molar-refractivity contribution in [1.29, 1.82) is 0 Å². The molecule has 0 saturated carbocycles. The van der Waals surface area contributed by atoms with Crippen molar-refractivity contribution in [3.05, 3.63) is 61.0 Å². The zero-order valence-corrected chi connectivity index (χ0v) is 14.8. The van der Waals surface area contributed by atoms with Crippen LogP contribution in [0.4, 0.5) is 5.69 Å². The van der Waals surface area contributed by atoms with Gasteiger partial charge in [-0.1, -0.05) is 44.7 Å². The Hall–Kier alpha value is -2.95. The molecule has 0 radical (unpaired) electrons. The number of carbonyl (C=O) groups is 2. The molecule has 1 amide bonds. The number of allylic oxidation sites excluding steroid dienone is 3. The van der Waals surface area contributed by atoms with E-state index in [9.17, 15) is 9.59 Å². The summed E-state index contributed by atoms with van der Waals surface area (Å²) in [5.74, 6) is -0.302. The molecule has 1 saturated heterocycles. The van der Waals surface area contributed by atoms with E-state index < -0.39 is 6.04 Å². The van der Waals surface area contributed by atoms with Crippen LogP contribution in [0.3, 0.4) is 0 Å². The number of Topliss-reactive ketones (excluding diaryl/α,β-unsaturated/α-hetero) is 1. The molecule has 0 bridgehead atoms. The lowest BCUT2D eigenvalue weighted by Crippen LogP contribution is -2.36. The highest BCUT2D eigenvalue weighted by atomic mass is 16.2. The van der Waals surface area contributed by atoms with Crippen molar-refractivity contribution in [2.45, 2.75) is 33.2 Å². The van der Waals surface area contributed by atoms with Gasteiger partial charge < -0.3 is 4.98 Å². The Labute approximate surface area is 147 Å². The highest BCUT2D eigenvalue weighted by Gasteiger charge is 2.40. The van der Waals surface area contributed by atoms with Crippen molar-refractivity contribution < 1.29 is 9.59 Å². The van der Waals surface area contributed by atoms with Crippen LogP contribution in [-0.2, 0) is 9.59 Å². The van der Waals surface area contributed by atoms with Gasteiger partial charge in [0.05, 0.1) is 23.8 Å². The van der Waals surface area contributed by atoms with E-state index in [1.54, 1.807) is 23.4 Å². The van der Waals surface area contributed by atoms with E-state index in [0.717, 1.165) is 16.6 Å². The number of nitrogens with zero attached hydrogens (tertiary/aromatic N) is 2. The van der Waals surface area contributed by atoms with E-state index in [1.165, 1.54) is 0 Å². The van der Waals surface area contributed by atoms with Crippen LogP contribution in [-0.4, -0.2) is 27.7 Å². The van der Waals surface area contributed by atoms with Gasteiger partial charge >= 0.3 is 0 Å². The maximum absolute atomic E-state index is 12.4. The Bertz CT molecular complexity index is 845. The molecular weight excluding hydrogens is 314 g/mol. The number of H-pyrrole nitrogens is 1. The van der Waals surface area contributed by atoms with Crippen molar-refractivity contribution in [3.8, 4) is 0 Å². The number of imidazole rings is 1. The smallest absolute Gasteiger partial charge is 0.235 e. The van der Waals surface area contributed by atoms with Crippen LogP contribution < -0.4 is 4.90 Å². The lowest BCUT2D eigenvalue weighted by atomic mass is 10.0. The number of anilines is 1. The minimum atomic E-state index is -0.614. The zero-order valence-electron chi connectivity index (χ0n) is 14.8. The number of hydrogen-bond acceptors (Lipinski definition) is 3. The number of ketones is 1. The average Bonchev–Trinajstić information content (AvgIpc) is 3.19. The third kappa shape index (κ3) is 3.60. The number of rotatable bonds is 4. The SMILES string of the molecule is C=C/C=C(\C=C/C)C1C(=O)CC(=O)N1c1ccc2nc[nH]c2c1.CC. The van der Waals surface area contributed by atoms with Gasteiger partial charge in [-0.2, -0.15) is 0 Å². The molecule has 130 valence electrons. The highest BCUT2D eigenvalue weighted by molar-refractivity contribution is 6.19. The number of carbonyl (C=O) groups excluding carboxylic acids is 2. The van der Waals surface area contributed by atoms with Gasteiger partial charge in [-0.3, -0.25) is 14.5 Å². The number of amides is 1. The first-order valence-corrected chi connectivity index (χ1v) is 8.39. The standard InChI is InChI=1S/C18H17N3O2.C2H6/c1-3-5-12(6-4-2)18-16(22)10-17(23)21(18)13-7-8-14-15(9-13)20-11-19-14;1-2/h3-9,11,18H,1,10H2,2H3,(H,19,20);1-2H3/b6-4-,12-5+;. The molecule has 1 unspecified atom stereocenters. The molecule has 0 aliphatic carbocycles. The molecule has 1 aromatic carbocycles. The first kappa shape index (κ1) is 18.4. The van der Waals surface area contributed by atoms with E-state index in [-0.39, 0.29) is 18.1 Å². The Morgan fingerprint density at radius 3 is 2.80 bits per heavy atom. The number of nitrogens with one attached hydrogen (secondary N) is 1. The Kier molecular flexibility index (Phi) is 6.06. The van der Waals surface area contributed by atoms with Crippen molar-refractivity contribution in [1.82, 2.24) is 9.97 Å². The Morgan fingerprint density at radius 1 is 1.36 bits per heavy atom. The Balaban J connectivity index is 0.00000109. The monoisotopic (exact) mass is 337 g/mol. The van der Waals surface area contributed by atoms with Crippen LogP contribution in [0.2, 0.25) is 0 Å².